The Balaban J connectivity index is 4.88. The molecule has 0 spiro atoms. The summed E-state index contributed by atoms with van der Waals surface area (Å²) in [5.74, 6) is 0.264. The molecule has 2 unspecified atom stereocenters. The van der Waals surface area contributed by atoms with E-state index >= 15 is 0 Å². The van der Waals surface area contributed by atoms with Crippen molar-refractivity contribution in [2.24, 2.45) is 11.8 Å². The van der Waals surface area contributed by atoms with Gasteiger partial charge in [0.25, 0.3) is 0 Å². The number of carbonyl (C=O) groups is 2. The van der Waals surface area contributed by atoms with Gasteiger partial charge in [0.1, 0.15) is 0 Å². The summed E-state index contributed by atoms with van der Waals surface area (Å²) in [5, 5.41) is 9.21. The van der Waals surface area contributed by atoms with Crippen LogP contribution in [-0.4, -0.2) is 35.0 Å². The molecule has 0 rings (SSSR count). The molecule has 0 aromatic heterocycles. The van der Waals surface area contributed by atoms with Crippen molar-refractivity contribution in [3.63, 3.8) is 0 Å². The summed E-state index contributed by atoms with van der Waals surface area (Å²) in [7, 11) is 0. The molecule has 4 heteroatoms. The van der Waals surface area contributed by atoms with Gasteiger partial charge >= 0.3 is 5.97 Å². The molecule has 304 valence electrons. The molecule has 1 amide bonds. The molecule has 0 fully saturated rings. The largest absolute Gasteiger partial charge is 0.481 e. The summed E-state index contributed by atoms with van der Waals surface area (Å²) in [6.45, 7) is 11.0. The standard InChI is InChI=1S/C47H93NO3/c1-5-8-11-14-17-19-21-22-23-24-25-28-31-34-39-45(40-35-36-41-46(49)50)47(51)48(42-37-32-29-26-20-18-15-12-9-6-2)43-44(4)38-33-30-27-16-13-10-7-3/h44-45H,5-43H2,1-4H3,(H,49,50). The highest BCUT2D eigenvalue weighted by atomic mass is 16.4. The molecule has 2 atom stereocenters. The van der Waals surface area contributed by atoms with Crippen molar-refractivity contribution in [2.45, 2.75) is 265 Å². The minimum atomic E-state index is -0.716. The fourth-order valence-electron chi connectivity index (χ4n) is 7.90. The number of carbonyl (C=O) groups excluding carboxylic acids is 1. The third-order valence-corrected chi connectivity index (χ3v) is 11.4. The number of aliphatic carboxylic acids is 1. The van der Waals surface area contributed by atoms with Crippen molar-refractivity contribution in [1.82, 2.24) is 4.90 Å². The molecule has 0 bridgehead atoms. The van der Waals surface area contributed by atoms with Crippen LogP contribution in [-0.2, 0) is 9.59 Å². The van der Waals surface area contributed by atoms with Gasteiger partial charge in [-0.25, -0.2) is 0 Å². The van der Waals surface area contributed by atoms with Crippen molar-refractivity contribution in [2.75, 3.05) is 13.1 Å². The van der Waals surface area contributed by atoms with E-state index in [9.17, 15) is 14.7 Å². The maximum absolute atomic E-state index is 14.2. The summed E-state index contributed by atoms with van der Waals surface area (Å²) in [5.41, 5.74) is 0. The van der Waals surface area contributed by atoms with Gasteiger partial charge in [0, 0.05) is 25.4 Å². The second-order valence-corrected chi connectivity index (χ2v) is 16.7. The molecule has 0 radical (unpaired) electrons. The summed E-state index contributed by atoms with van der Waals surface area (Å²) >= 11 is 0. The Bertz CT molecular complexity index is 724. The molecule has 0 saturated heterocycles. The van der Waals surface area contributed by atoms with Gasteiger partial charge in [-0.05, 0) is 38.0 Å². The lowest BCUT2D eigenvalue weighted by atomic mass is 9.92. The molecule has 0 aromatic carbocycles. The lowest BCUT2D eigenvalue weighted by molar-refractivity contribution is -0.137. The van der Waals surface area contributed by atoms with E-state index in [0.717, 1.165) is 45.2 Å². The summed E-state index contributed by atoms with van der Waals surface area (Å²) in [6, 6.07) is 0. The molecule has 1 N–H and O–H groups in total. The van der Waals surface area contributed by atoms with Crippen LogP contribution < -0.4 is 0 Å². The number of hydrogen-bond donors (Lipinski definition) is 1. The van der Waals surface area contributed by atoms with Crippen LogP contribution in [0.25, 0.3) is 0 Å². The molecule has 0 aliphatic rings. The van der Waals surface area contributed by atoms with Gasteiger partial charge in [-0.2, -0.15) is 0 Å². The molecular formula is C47H93NO3. The number of carboxylic acid groups (broad SMARTS) is 1. The van der Waals surface area contributed by atoms with Gasteiger partial charge in [-0.15, -0.1) is 0 Å². The average molecular weight is 720 g/mol. The zero-order valence-electron chi connectivity index (χ0n) is 35.4. The first-order valence-corrected chi connectivity index (χ1v) is 23.5. The zero-order chi connectivity index (χ0) is 37.5. The van der Waals surface area contributed by atoms with E-state index in [2.05, 4.69) is 32.6 Å². The van der Waals surface area contributed by atoms with Crippen LogP contribution in [0.15, 0.2) is 0 Å². The third-order valence-electron chi connectivity index (χ3n) is 11.4. The Morgan fingerprint density at radius 1 is 0.431 bits per heavy atom. The number of unbranched alkanes of at least 4 members (excludes halogenated alkanes) is 29. The SMILES string of the molecule is CCCCCCCCCCCCCCCCC(CCCCC(=O)O)C(=O)N(CCCCCCCCCCCC)CC(C)CCCCCCCCC. The van der Waals surface area contributed by atoms with Crippen molar-refractivity contribution in [3.05, 3.63) is 0 Å². The normalized spacial score (nSPS) is 12.7. The van der Waals surface area contributed by atoms with Crippen LogP contribution in [0.3, 0.4) is 0 Å². The van der Waals surface area contributed by atoms with Crippen LogP contribution >= 0.6 is 0 Å². The van der Waals surface area contributed by atoms with E-state index in [1.54, 1.807) is 0 Å². The lowest BCUT2D eigenvalue weighted by Crippen LogP contribution is -2.40. The second-order valence-electron chi connectivity index (χ2n) is 16.7. The number of hydrogen-bond acceptors (Lipinski definition) is 2. The summed E-state index contributed by atoms with van der Waals surface area (Å²) in [4.78, 5) is 27.7. The second kappa shape index (κ2) is 40.1. The third kappa shape index (κ3) is 35.7. The van der Waals surface area contributed by atoms with E-state index in [1.165, 1.54) is 193 Å². The Kier molecular flexibility index (Phi) is 39.3. The summed E-state index contributed by atoms with van der Waals surface area (Å²) < 4.78 is 0. The van der Waals surface area contributed by atoms with E-state index in [0.29, 0.717) is 18.2 Å². The van der Waals surface area contributed by atoms with Gasteiger partial charge in [0.15, 0.2) is 0 Å². The Morgan fingerprint density at radius 2 is 0.745 bits per heavy atom. The Hall–Kier alpha value is -1.06. The quantitative estimate of drug-likeness (QED) is 0.0639. The maximum Gasteiger partial charge on any atom is 0.303 e. The minimum absolute atomic E-state index is 0.0602. The topological polar surface area (TPSA) is 57.6 Å². The predicted molar refractivity (Wildman–Crippen MR) is 225 cm³/mol. The predicted octanol–water partition coefficient (Wildman–Crippen LogP) is 15.6. The van der Waals surface area contributed by atoms with E-state index in [4.69, 9.17) is 0 Å². The number of rotatable bonds is 42. The average Bonchev–Trinajstić information content (AvgIpc) is 3.12. The lowest BCUT2D eigenvalue weighted by Gasteiger charge is -2.30. The fourth-order valence-corrected chi connectivity index (χ4v) is 7.90. The van der Waals surface area contributed by atoms with Gasteiger partial charge in [0.2, 0.25) is 5.91 Å². The maximum atomic E-state index is 14.2. The van der Waals surface area contributed by atoms with E-state index in [-0.39, 0.29) is 12.3 Å². The minimum Gasteiger partial charge on any atom is -0.481 e. The van der Waals surface area contributed by atoms with Crippen molar-refractivity contribution in [3.8, 4) is 0 Å². The van der Waals surface area contributed by atoms with Crippen LogP contribution in [0.4, 0.5) is 0 Å². The number of carboxylic acids is 1. The molecule has 0 aliphatic carbocycles. The molecule has 0 heterocycles. The molecule has 0 aliphatic heterocycles. The Morgan fingerprint density at radius 3 is 1.12 bits per heavy atom. The van der Waals surface area contributed by atoms with Crippen LogP contribution in [0.5, 0.6) is 0 Å². The van der Waals surface area contributed by atoms with Crippen LogP contribution in [0.2, 0.25) is 0 Å². The Labute approximate surface area is 320 Å². The van der Waals surface area contributed by atoms with Crippen molar-refractivity contribution < 1.29 is 14.7 Å². The van der Waals surface area contributed by atoms with Gasteiger partial charge in [-0.3, -0.25) is 9.59 Å². The molecule has 4 nitrogen and oxygen atoms in total. The van der Waals surface area contributed by atoms with E-state index < -0.39 is 5.97 Å². The molecular weight excluding hydrogens is 627 g/mol. The van der Waals surface area contributed by atoms with E-state index in [1.807, 2.05) is 0 Å². The molecule has 0 aromatic rings. The number of nitrogens with zero attached hydrogens (tertiary/aromatic N) is 1. The van der Waals surface area contributed by atoms with Gasteiger partial charge in [-0.1, -0.05) is 227 Å². The first-order valence-electron chi connectivity index (χ1n) is 23.5. The smallest absolute Gasteiger partial charge is 0.303 e. The fraction of sp³-hybridized carbons (Fsp3) is 0.957. The van der Waals surface area contributed by atoms with Crippen LogP contribution in [0.1, 0.15) is 265 Å². The van der Waals surface area contributed by atoms with Crippen molar-refractivity contribution in [1.29, 1.82) is 0 Å². The summed E-state index contributed by atoms with van der Waals surface area (Å²) in [6.07, 6.45) is 46.3. The monoisotopic (exact) mass is 720 g/mol. The number of amides is 1. The van der Waals surface area contributed by atoms with Gasteiger partial charge in [0.05, 0.1) is 0 Å². The molecule has 0 saturated carbocycles. The van der Waals surface area contributed by atoms with Crippen LogP contribution in [0, 0.1) is 11.8 Å². The highest BCUT2D eigenvalue weighted by molar-refractivity contribution is 5.78. The highest BCUT2D eigenvalue weighted by Crippen LogP contribution is 2.24. The molecule has 51 heavy (non-hydrogen) atoms. The zero-order valence-corrected chi connectivity index (χ0v) is 35.4. The highest BCUT2D eigenvalue weighted by Gasteiger charge is 2.25. The van der Waals surface area contributed by atoms with Crippen molar-refractivity contribution >= 4 is 11.9 Å². The first-order chi connectivity index (χ1) is 25.0. The van der Waals surface area contributed by atoms with Gasteiger partial charge < -0.3 is 10.0 Å². The first kappa shape index (κ1) is 49.9.